The smallest absolute Gasteiger partial charge is 0.168 e. The van der Waals surface area contributed by atoms with Gasteiger partial charge in [-0.2, -0.15) is 0 Å². The maximum atomic E-state index is 11.0. The molecule has 2 heterocycles. The maximum Gasteiger partial charge on any atom is 0.168 e. The van der Waals surface area contributed by atoms with Crippen LogP contribution in [-0.4, -0.2) is 15.8 Å². The largest absolute Gasteiger partial charge is 0.339 e. The molecule has 0 aliphatic rings. The molecule has 0 saturated heterocycles. The Balaban J connectivity index is 2.41. The normalized spacial score (nSPS) is 11.3. The minimum atomic E-state index is 0.508. The van der Waals surface area contributed by atoms with Gasteiger partial charge in [-0.25, -0.2) is 4.98 Å². The van der Waals surface area contributed by atoms with Crippen LogP contribution in [-0.2, 0) is 6.54 Å². The van der Waals surface area contributed by atoms with E-state index in [4.69, 9.17) is 0 Å². The summed E-state index contributed by atoms with van der Waals surface area (Å²) in [7, 11) is 0. The maximum absolute atomic E-state index is 11.0. The molecule has 0 aliphatic carbocycles. The molecule has 0 unspecified atom stereocenters. The van der Waals surface area contributed by atoms with Crippen LogP contribution in [0.5, 0.6) is 0 Å². The van der Waals surface area contributed by atoms with Crippen LogP contribution in [0.4, 0.5) is 0 Å². The van der Waals surface area contributed by atoms with E-state index in [1.165, 1.54) is 10.9 Å². The number of rotatable bonds is 4. The Bertz CT molecular complexity index is 786. The van der Waals surface area contributed by atoms with Gasteiger partial charge in [-0.15, -0.1) is 0 Å². The number of unbranched alkanes of at least 4 members (excludes halogenated alkanes) is 1. The number of hydrogen-bond donors (Lipinski definition) is 0. The Hall–Kier alpha value is -2.16. The number of fused-ring (bicyclic) bond motifs is 3. The predicted octanol–water partition coefficient (Wildman–Crippen LogP) is 4.11. The van der Waals surface area contributed by atoms with Gasteiger partial charge in [0.15, 0.2) is 6.29 Å². The highest BCUT2D eigenvalue weighted by molar-refractivity contribution is 6.09. The number of carbonyl (C=O) groups excluding carboxylic acids is 1. The molecule has 3 nitrogen and oxygen atoms in total. The lowest BCUT2D eigenvalue weighted by Gasteiger charge is -2.08. The first-order chi connectivity index (χ1) is 9.76. The first-order valence-electron chi connectivity index (χ1n) is 7.10. The third-order valence-electron chi connectivity index (χ3n) is 3.80. The summed E-state index contributed by atoms with van der Waals surface area (Å²) in [5.74, 6) is 0. The molecule has 0 spiro atoms. The van der Waals surface area contributed by atoms with Crippen molar-refractivity contribution in [1.82, 2.24) is 9.55 Å². The minimum Gasteiger partial charge on any atom is -0.339 e. The van der Waals surface area contributed by atoms with Gasteiger partial charge >= 0.3 is 0 Å². The van der Waals surface area contributed by atoms with E-state index in [0.717, 1.165) is 42.3 Å². The zero-order valence-corrected chi connectivity index (χ0v) is 11.9. The van der Waals surface area contributed by atoms with Crippen LogP contribution >= 0.6 is 0 Å². The summed E-state index contributed by atoms with van der Waals surface area (Å²) >= 11 is 0. The van der Waals surface area contributed by atoms with Gasteiger partial charge < -0.3 is 4.57 Å². The Morgan fingerprint density at radius 1 is 1.25 bits per heavy atom. The van der Waals surface area contributed by atoms with Crippen LogP contribution in [0.25, 0.3) is 21.8 Å². The lowest BCUT2D eigenvalue weighted by atomic mass is 10.1. The number of aryl methyl sites for hydroxylation is 2. The van der Waals surface area contributed by atoms with Gasteiger partial charge in [0.05, 0.1) is 11.2 Å². The molecule has 1 aromatic carbocycles. The van der Waals surface area contributed by atoms with Crippen molar-refractivity contribution < 1.29 is 4.79 Å². The zero-order chi connectivity index (χ0) is 14.1. The fourth-order valence-corrected chi connectivity index (χ4v) is 2.90. The van der Waals surface area contributed by atoms with Gasteiger partial charge in [-0.1, -0.05) is 31.5 Å². The van der Waals surface area contributed by atoms with Crippen molar-refractivity contribution in [3.05, 3.63) is 41.7 Å². The van der Waals surface area contributed by atoms with Gasteiger partial charge in [0.1, 0.15) is 5.69 Å². The lowest BCUT2D eigenvalue weighted by molar-refractivity contribution is 0.111. The van der Waals surface area contributed by atoms with Crippen molar-refractivity contribution in [3.8, 4) is 0 Å². The Morgan fingerprint density at radius 2 is 2.05 bits per heavy atom. The van der Waals surface area contributed by atoms with E-state index in [0.29, 0.717) is 5.69 Å². The summed E-state index contributed by atoms with van der Waals surface area (Å²) < 4.78 is 2.34. The van der Waals surface area contributed by atoms with Crippen LogP contribution in [0.2, 0.25) is 0 Å². The summed E-state index contributed by atoms with van der Waals surface area (Å²) in [6, 6.07) is 10.3. The molecule has 0 fully saturated rings. The van der Waals surface area contributed by atoms with E-state index >= 15 is 0 Å². The number of carbonyl (C=O) groups is 1. The summed E-state index contributed by atoms with van der Waals surface area (Å²) in [5, 5.41) is 2.33. The SMILES string of the molecule is CCCCn1c2ccccc2c2cc(C=O)nc(C)c21. The summed E-state index contributed by atoms with van der Waals surface area (Å²) in [6.07, 6.45) is 3.13. The average molecular weight is 266 g/mol. The number of hydrogen-bond acceptors (Lipinski definition) is 2. The standard InChI is InChI=1S/C17H18N2O/c1-3-4-9-19-16-8-6-5-7-14(16)15-10-13(11-20)18-12(2)17(15)19/h5-8,10-11H,3-4,9H2,1-2H3. The number of nitrogens with zero attached hydrogens (tertiary/aromatic N) is 2. The van der Waals surface area contributed by atoms with Gasteiger partial charge in [0, 0.05) is 22.8 Å². The summed E-state index contributed by atoms with van der Waals surface area (Å²) in [4.78, 5) is 15.4. The molecule has 0 radical (unpaired) electrons. The average Bonchev–Trinajstić information content (AvgIpc) is 2.80. The van der Waals surface area contributed by atoms with Crippen molar-refractivity contribution in [2.45, 2.75) is 33.2 Å². The number of pyridine rings is 1. The Labute approximate surface area is 118 Å². The Kier molecular flexibility index (Phi) is 3.26. The third kappa shape index (κ3) is 1.90. The van der Waals surface area contributed by atoms with Crippen LogP contribution in [0, 0.1) is 6.92 Å². The second-order valence-corrected chi connectivity index (χ2v) is 5.17. The Morgan fingerprint density at radius 3 is 2.80 bits per heavy atom. The monoisotopic (exact) mass is 266 g/mol. The highest BCUT2D eigenvalue weighted by atomic mass is 16.1. The van der Waals surface area contributed by atoms with Crippen molar-refractivity contribution in [1.29, 1.82) is 0 Å². The van der Waals surface area contributed by atoms with Gasteiger partial charge in [0.25, 0.3) is 0 Å². The van der Waals surface area contributed by atoms with Crippen LogP contribution in [0.3, 0.4) is 0 Å². The molecule has 102 valence electrons. The molecule has 0 N–H and O–H groups in total. The van der Waals surface area contributed by atoms with Gasteiger partial charge in [0.2, 0.25) is 0 Å². The molecule has 0 amide bonds. The van der Waals surface area contributed by atoms with Crippen molar-refractivity contribution in [3.63, 3.8) is 0 Å². The number of para-hydroxylation sites is 1. The molecule has 0 saturated carbocycles. The van der Waals surface area contributed by atoms with Crippen molar-refractivity contribution >= 4 is 28.1 Å². The van der Waals surface area contributed by atoms with Gasteiger partial charge in [-0.05, 0) is 25.5 Å². The van der Waals surface area contributed by atoms with E-state index in [2.05, 4.69) is 34.7 Å². The molecule has 0 atom stereocenters. The predicted molar refractivity (Wildman–Crippen MR) is 82.3 cm³/mol. The van der Waals surface area contributed by atoms with Crippen LogP contribution < -0.4 is 0 Å². The van der Waals surface area contributed by atoms with E-state index in [1.807, 2.05) is 19.1 Å². The summed E-state index contributed by atoms with van der Waals surface area (Å²) in [5.41, 5.74) is 3.82. The van der Waals surface area contributed by atoms with Crippen molar-refractivity contribution in [2.75, 3.05) is 0 Å². The first kappa shape index (κ1) is 12.9. The molecular weight excluding hydrogens is 248 g/mol. The van der Waals surface area contributed by atoms with E-state index in [9.17, 15) is 4.79 Å². The molecule has 0 bridgehead atoms. The van der Waals surface area contributed by atoms with E-state index in [1.54, 1.807) is 0 Å². The molecule has 2 aromatic heterocycles. The molecule has 0 aliphatic heterocycles. The van der Waals surface area contributed by atoms with Crippen LogP contribution in [0.1, 0.15) is 35.9 Å². The molecule has 3 heteroatoms. The fourth-order valence-electron chi connectivity index (χ4n) is 2.90. The third-order valence-corrected chi connectivity index (χ3v) is 3.80. The number of aromatic nitrogens is 2. The first-order valence-corrected chi connectivity index (χ1v) is 7.10. The van der Waals surface area contributed by atoms with E-state index in [-0.39, 0.29) is 0 Å². The highest BCUT2D eigenvalue weighted by Gasteiger charge is 2.13. The van der Waals surface area contributed by atoms with Gasteiger partial charge in [-0.3, -0.25) is 4.79 Å². The van der Waals surface area contributed by atoms with Crippen LogP contribution in [0.15, 0.2) is 30.3 Å². The fraction of sp³-hybridized carbons (Fsp3) is 0.294. The van der Waals surface area contributed by atoms with E-state index < -0.39 is 0 Å². The van der Waals surface area contributed by atoms with Crippen molar-refractivity contribution in [2.24, 2.45) is 0 Å². The lowest BCUT2D eigenvalue weighted by Crippen LogP contribution is -2.00. The second-order valence-electron chi connectivity index (χ2n) is 5.17. The molecule has 20 heavy (non-hydrogen) atoms. The molecular formula is C17H18N2O. The molecule has 3 rings (SSSR count). The topological polar surface area (TPSA) is 34.9 Å². The summed E-state index contributed by atoms with van der Waals surface area (Å²) in [6.45, 7) is 5.17. The second kappa shape index (κ2) is 5.08. The minimum absolute atomic E-state index is 0.508. The highest BCUT2D eigenvalue weighted by Crippen LogP contribution is 2.31. The zero-order valence-electron chi connectivity index (χ0n) is 11.9. The number of benzene rings is 1. The quantitative estimate of drug-likeness (QED) is 0.666. The molecule has 3 aromatic rings. The number of aldehydes is 1.